The van der Waals surface area contributed by atoms with E-state index in [-0.39, 0.29) is 0 Å². The summed E-state index contributed by atoms with van der Waals surface area (Å²) in [5.41, 5.74) is 3.11. The maximum atomic E-state index is 10.1. The Morgan fingerprint density at radius 3 is 2.47 bits per heavy atom. The van der Waals surface area contributed by atoms with Crippen LogP contribution >= 0.6 is 0 Å². The fourth-order valence-electron chi connectivity index (χ4n) is 6.70. The molecule has 0 saturated heterocycles. The highest BCUT2D eigenvalue weighted by Gasteiger charge is 2.50. The van der Waals surface area contributed by atoms with Gasteiger partial charge in [0.1, 0.15) is 0 Å². The van der Waals surface area contributed by atoms with Crippen molar-refractivity contribution < 1.29 is 15.3 Å². The maximum absolute atomic E-state index is 10.1. The third kappa shape index (κ3) is 5.29. The number of rotatable bonds is 6. The molecule has 0 heterocycles. The van der Waals surface area contributed by atoms with Gasteiger partial charge in [0.25, 0.3) is 0 Å². The molecule has 0 aromatic rings. The molecular formula is C27H44O3. The van der Waals surface area contributed by atoms with Crippen LogP contribution in [0.1, 0.15) is 91.9 Å². The van der Waals surface area contributed by atoms with Crippen molar-refractivity contribution in [3.63, 3.8) is 0 Å². The first-order valence-electron chi connectivity index (χ1n) is 12.2. The summed E-state index contributed by atoms with van der Waals surface area (Å²) in [4.78, 5) is 0. The molecule has 0 aliphatic heterocycles. The molecule has 3 heteroatoms. The Morgan fingerprint density at radius 1 is 1.17 bits per heavy atom. The van der Waals surface area contributed by atoms with E-state index >= 15 is 0 Å². The Labute approximate surface area is 184 Å². The summed E-state index contributed by atoms with van der Waals surface area (Å²) in [6.45, 7) is 12.6. The van der Waals surface area contributed by atoms with Crippen LogP contribution in [0.3, 0.4) is 0 Å². The minimum Gasteiger partial charge on any atom is -0.390 e. The van der Waals surface area contributed by atoms with Gasteiger partial charge >= 0.3 is 0 Å². The number of hydrogen-bond donors (Lipinski definition) is 3. The topological polar surface area (TPSA) is 60.7 Å². The molecule has 3 saturated carbocycles. The van der Waals surface area contributed by atoms with E-state index in [2.05, 4.69) is 32.6 Å². The van der Waals surface area contributed by atoms with Gasteiger partial charge in [-0.25, -0.2) is 0 Å². The van der Waals surface area contributed by atoms with Crippen molar-refractivity contribution in [1.29, 1.82) is 0 Å². The predicted octanol–water partition coefficient (Wildman–Crippen LogP) is 5.70. The van der Waals surface area contributed by atoms with Crippen molar-refractivity contribution >= 4 is 0 Å². The van der Waals surface area contributed by atoms with Crippen molar-refractivity contribution in [3.8, 4) is 0 Å². The number of aliphatic hydroxyl groups excluding tert-OH is 2. The lowest BCUT2D eigenvalue weighted by Crippen LogP contribution is -2.36. The van der Waals surface area contributed by atoms with Crippen molar-refractivity contribution in [1.82, 2.24) is 0 Å². The Hall–Kier alpha value is -0.900. The summed E-state index contributed by atoms with van der Waals surface area (Å²) < 4.78 is 0. The van der Waals surface area contributed by atoms with Gasteiger partial charge in [0, 0.05) is 0 Å². The van der Waals surface area contributed by atoms with Gasteiger partial charge in [0.2, 0.25) is 0 Å². The third-order valence-corrected chi connectivity index (χ3v) is 8.47. The van der Waals surface area contributed by atoms with Gasteiger partial charge in [-0.15, -0.1) is 0 Å². The van der Waals surface area contributed by atoms with E-state index in [4.69, 9.17) is 0 Å². The summed E-state index contributed by atoms with van der Waals surface area (Å²) in [5.74, 6) is 2.13. The lowest BCUT2D eigenvalue weighted by molar-refractivity contribution is 0.0596. The molecule has 3 unspecified atom stereocenters. The molecular weight excluding hydrogens is 372 g/mol. The van der Waals surface area contributed by atoms with Crippen LogP contribution in [0.5, 0.6) is 0 Å². The van der Waals surface area contributed by atoms with Gasteiger partial charge in [0.15, 0.2) is 0 Å². The molecule has 0 aromatic heterocycles. The second-order valence-electron chi connectivity index (χ2n) is 11.4. The molecule has 0 bridgehead atoms. The minimum absolute atomic E-state index is 0.386. The zero-order valence-corrected chi connectivity index (χ0v) is 19.7. The van der Waals surface area contributed by atoms with Gasteiger partial charge in [0.05, 0.1) is 17.8 Å². The quantitative estimate of drug-likeness (QED) is 0.486. The lowest BCUT2D eigenvalue weighted by atomic mass is 9.60. The summed E-state index contributed by atoms with van der Waals surface area (Å²) in [7, 11) is 0. The highest BCUT2D eigenvalue weighted by molar-refractivity contribution is 5.29. The van der Waals surface area contributed by atoms with Crippen LogP contribution in [0.2, 0.25) is 0 Å². The molecule has 3 fully saturated rings. The fraction of sp³-hybridized carbons (Fsp3) is 0.778. The van der Waals surface area contributed by atoms with Gasteiger partial charge < -0.3 is 15.3 Å². The Balaban J connectivity index is 1.67. The summed E-state index contributed by atoms with van der Waals surface area (Å²) in [6, 6.07) is 0. The van der Waals surface area contributed by atoms with Crippen molar-refractivity contribution in [3.05, 3.63) is 35.5 Å². The first-order valence-corrected chi connectivity index (χ1v) is 12.2. The van der Waals surface area contributed by atoms with Crippen molar-refractivity contribution in [2.24, 2.45) is 23.2 Å². The van der Waals surface area contributed by atoms with Crippen LogP contribution in [-0.4, -0.2) is 33.1 Å². The molecule has 3 aliphatic carbocycles. The smallest absolute Gasteiger partial charge is 0.0809 e. The summed E-state index contributed by atoms with van der Waals surface area (Å²) >= 11 is 0. The Morgan fingerprint density at radius 2 is 1.83 bits per heavy atom. The number of fused-ring (bicyclic) bond motifs is 1. The van der Waals surface area contributed by atoms with E-state index in [1.807, 2.05) is 13.8 Å². The van der Waals surface area contributed by atoms with Crippen molar-refractivity contribution in [2.75, 3.05) is 0 Å². The van der Waals surface area contributed by atoms with Gasteiger partial charge in [-0.3, -0.25) is 0 Å². The zero-order chi connectivity index (χ0) is 22.1. The predicted molar refractivity (Wildman–Crippen MR) is 124 cm³/mol. The fourth-order valence-corrected chi connectivity index (χ4v) is 6.70. The van der Waals surface area contributed by atoms with Gasteiger partial charge in [-0.05, 0) is 94.0 Å². The molecule has 0 amide bonds. The third-order valence-electron chi connectivity index (χ3n) is 8.47. The molecule has 6 atom stereocenters. The Kier molecular flexibility index (Phi) is 7.37. The Bertz CT molecular complexity index is 667. The molecule has 3 rings (SSSR count). The maximum Gasteiger partial charge on any atom is 0.0809 e. The SMILES string of the molecule is C=C1[C@H](O)CC(=C/C=C2\CCCC3(C)C2CCC3[C@H](C)CCCC(C)(C)O)C[C@H]1O. The molecule has 0 radical (unpaired) electrons. The molecule has 0 aromatic carbocycles. The number of aliphatic hydroxyl groups is 3. The molecule has 3 nitrogen and oxygen atoms in total. The van der Waals surface area contributed by atoms with E-state index in [0.29, 0.717) is 35.7 Å². The molecule has 3 N–H and O–H groups in total. The second-order valence-corrected chi connectivity index (χ2v) is 11.4. The molecule has 30 heavy (non-hydrogen) atoms. The van der Waals surface area contributed by atoms with E-state index < -0.39 is 17.8 Å². The van der Waals surface area contributed by atoms with E-state index in [1.165, 1.54) is 38.5 Å². The average Bonchev–Trinajstić information content (AvgIpc) is 3.00. The van der Waals surface area contributed by atoms with E-state index in [1.54, 1.807) is 5.57 Å². The monoisotopic (exact) mass is 416 g/mol. The van der Waals surface area contributed by atoms with Crippen molar-refractivity contribution in [2.45, 2.75) is 110 Å². The normalized spacial score (nSPS) is 37.4. The number of allylic oxidation sites excluding steroid dienone is 3. The highest BCUT2D eigenvalue weighted by Crippen LogP contribution is 2.60. The van der Waals surface area contributed by atoms with Crippen LogP contribution in [0, 0.1) is 23.2 Å². The van der Waals surface area contributed by atoms with E-state index in [0.717, 1.165) is 24.3 Å². The zero-order valence-electron chi connectivity index (χ0n) is 19.7. The molecule has 170 valence electrons. The molecule has 3 aliphatic rings. The van der Waals surface area contributed by atoms with Crippen LogP contribution in [-0.2, 0) is 0 Å². The first-order chi connectivity index (χ1) is 14.0. The highest BCUT2D eigenvalue weighted by atomic mass is 16.3. The molecule has 0 spiro atoms. The summed E-state index contributed by atoms with van der Waals surface area (Å²) in [5, 5.41) is 30.3. The number of hydrogen-bond acceptors (Lipinski definition) is 3. The first kappa shape index (κ1) is 23.8. The minimum atomic E-state index is -0.615. The van der Waals surface area contributed by atoms with Crippen LogP contribution in [0.25, 0.3) is 0 Å². The van der Waals surface area contributed by atoms with Crippen LogP contribution < -0.4 is 0 Å². The van der Waals surface area contributed by atoms with Gasteiger partial charge in [-0.1, -0.05) is 56.6 Å². The van der Waals surface area contributed by atoms with Crippen LogP contribution in [0.15, 0.2) is 35.5 Å². The van der Waals surface area contributed by atoms with Crippen LogP contribution in [0.4, 0.5) is 0 Å². The standard InChI is InChI=1S/C27H44O3/c1-18(8-6-14-26(3,4)30)22-12-13-23-21(9-7-15-27(22,23)5)11-10-20-16-24(28)19(2)25(29)17-20/h10-11,18,22-25,28-30H,2,6-9,12-17H2,1,3-5H3/b21-11+/t18-,22?,23?,24-,25-,27?/m1/s1. The van der Waals surface area contributed by atoms with Gasteiger partial charge in [-0.2, -0.15) is 0 Å². The largest absolute Gasteiger partial charge is 0.390 e. The van der Waals surface area contributed by atoms with E-state index in [9.17, 15) is 15.3 Å². The second kappa shape index (κ2) is 9.30. The lowest BCUT2D eigenvalue weighted by Gasteiger charge is -2.44. The summed E-state index contributed by atoms with van der Waals surface area (Å²) in [6.07, 6.45) is 14.0. The average molecular weight is 417 g/mol.